The van der Waals surface area contributed by atoms with Crippen LogP contribution in [0.25, 0.3) is 0 Å². The Morgan fingerprint density at radius 3 is 1.34 bits per heavy atom. The molecule has 228 valence electrons. The molecule has 0 bridgehead atoms. The van der Waals surface area contributed by atoms with Gasteiger partial charge in [0.1, 0.15) is 11.2 Å². The maximum Gasteiger partial charge on any atom is 0.407 e. The van der Waals surface area contributed by atoms with Gasteiger partial charge in [-0.2, -0.15) is 0 Å². The summed E-state index contributed by atoms with van der Waals surface area (Å²) in [6.45, 7) is 11.4. The molecule has 0 aliphatic heterocycles. The number of carbonyl (C=O) groups is 2. The maximum absolute atomic E-state index is 12.6. The number of nitrogens with one attached hydrogen (secondary N) is 3. The molecule has 0 fully saturated rings. The second kappa shape index (κ2) is 16.3. The number of alkyl carbamates (subject to hydrolysis) is 2. The third-order valence-electron chi connectivity index (χ3n) is 7.28. The molecule has 0 saturated carbocycles. The minimum absolute atomic E-state index is 0.0946. The van der Waals surface area contributed by atoms with E-state index in [0.717, 1.165) is 11.1 Å². The summed E-state index contributed by atoms with van der Waals surface area (Å²) in [5.41, 5.74) is 0.630. The van der Waals surface area contributed by atoms with Gasteiger partial charge in [0, 0.05) is 13.1 Å². The van der Waals surface area contributed by atoms with Crippen LogP contribution in [0.1, 0.15) is 65.5 Å². The van der Waals surface area contributed by atoms with E-state index >= 15 is 0 Å². The number of ether oxygens (including phenoxy) is 2. The van der Waals surface area contributed by atoms with E-state index in [1.54, 1.807) is 0 Å². The normalized spacial score (nSPS) is 14.8. The summed E-state index contributed by atoms with van der Waals surface area (Å²) < 4.78 is 11.1. The molecule has 0 aliphatic rings. The Kier molecular flexibility index (Phi) is 13.6. The molecule has 0 spiro atoms. The number of hydrogen-bond donors (Lipinski definition) is 5. The summed E-state index contributed by atoms with van der Waals surface area (Å²) in [5, 5.41) is 30.8. The molecular formula is C32H49N3O6. The van der Waals surface area contributed by atoms with Crippen molar-refractivity contribution in [2.24, 2.45) is 0 Å². The monoisotopic (exact) mass is 571 g/mol. The van der Waals surface area contributed by atoms with Crippen LogP contribution >= 0.6 is 0 Å². The zero-order chi connectivity index (χ0) is 30.5. The third kappa shape index (κ3) is 12.9. The summed E-state index contributed by atoms with van der Waals surface area (Å²) in [6, 6.07) is 17.9. The van der Waals surface area contributed by atoms with Crippen molar-refractivity contribution in [3.05, 3.63) is 71.8 Å². The van der Waals surface area contributed by atoms with Crippen LogP contribution in [0.15, 0.2) is 60.7 Å². The van der Waals surface area contributed by atoms with E-state index < -0.39 is 47.7 Å². The summed E-state index contributed by atoms with van der Waals surface area (Å²) in [6.07, 6.45) is -1.07. The lowest BCUT2D eigenvalue weighted by Gasteiger charge is -2.30. The summed E-state index contributed by atoms with van der Waals surface area (Å²) >= 11 is 0. The molecule has 0 unspecified atom stereocenters. The fraction of sp³-hybridized carbons (Fsp3) is 0.562. The van der Waals surface area contributed by atoms with Crippen LogP contribution in [0.5, 0.6) is 0 Å². The quantitative estimate of drug-likeness (QED) is 0.203. The first-order chi connectivity index (χ1) is 19.3. The molecule has 5 N–H and O–H groups in total. The predicted octanol–water partition coefficient (Wildman–Crippen LogP) is 4.35. The molecule has 4 atom stereocenters. The lowest BCUT2D eigenvalue weighted by molar-refractivity contribution is 0.0266. The number of amides is 2. The highest BCUT2D eigenvalue weighted by Gasteiger charge is 2.28. The average molecular weight is 572 g/mol. The van der Waals surface area contributed by atoms with Crippen LogP contribution in [0.4, 0.5) is 9.59 Å². The van der Waals surface area contributed by atoms with Crippen molar-refractivity contribution in [2.75, 3.05) is 13.1 Å². The van der Waals surface area contributed by atoms with E-state index in [1.807, 2.05) is 102 Å². The minimum Gasteiger partial charge on any atom is -0.444 e. The molecule has 0 heterocycles. The van der Waals surface area contributed by atoms with E-state index in [4.69, 9.17) is 9.47 Å². The number of hydrogen-bond acceptors (Lipinski definition) is 7. The van der Waals surface area contributed by atoms with Crippen molar-refractivity contribution in [2.45, 2.75) is 103 Å². The second-order valence-electron chi connectivity index (χ2n) is 11.7. The minimum atomic E-state index is -0.976. The van der Waals surface area contributed by atoms with Gasteiger partial charge in [-0.05, 0) is 64.5 Å². The van der Waals surface area contributed by atoms with Crippen LogP contribution in [0, 0.1) is 0 Å². The molecule has 0 aliphatic carbocycles. The number of benzene rings is 2. The molecule has 0 radical (unpaired) electrons. The Labute approximate surface area is 245 Å². The van der Waals surface area contributed by atoms with E-state index in [0.29, 0.717) is 25.7 Å². The smallest absolute Gasteiger partial charge is 0.407 e. The van der Waals surface area contributed by atoms with Gasteiger partial charge in [-0.3, -0.25) is 0 Å². The zero-order valence-corrected chi connectivity index (χ0v) is 25.4. The third-order valence-corrected chi connectivity index (χ3v) is 7.28. The van der Waals surface area contributed by atoms with Crippen molar-refractivity contribution in [1.29, 1.82) is 0 Å². The van der Waals surface area contributed by atoms with Gasteiger partial charge in [0.25, 0.3) is 0 Å². The first-order valence-corrected chi connectivity index (χ1v) is 14.5. The number of aliphatic hydroxyl groups excluding tert-OH is 2. The first kappa shape index (κ1) is 34.1. The van der Waals surface area contributed by atoms with Gasteiger partial charge in [0.05, 0.1) is 24.3 Å². The van der Waals surface area contributed by atoms with E-state index in [1.165, 1.54) is 0 Å². The highest BCUT2D eigenvalue weighted by Crippen LogP contribution is 2.16. The van der Waals surface area contributed by atoms with Crippen LogP contribution in [0.3, 0.4) is 0 Å². The molecule has 2 amide bonds. The highest BCUT2D eigenvalue weighted by molar-refractivity contribution is 5.68. The Morgan fingerprint density at radius 2 is 1.02 bits per heavy atom. The van der Waals surface area contributed by atoms with Crippen molar-refractivity contribution < 1.29 is 29.3 Å². The molecule has 2 aromatic carbocycles. The van der Waals surface area contributed by atoms with Crippen molar-refractivity contribution in [1.82, 2.24) is 16.0 Å². The van der Waals surface area contributed by atoms with Crippen molar-refractivity contribution in [3.8, 4) is 0 Å². The standard InChI is InChI=1S/C32H49N3O6/c1-7-31(3,4)40-29(38)34-25(19-23-15-11-9-12-16-23)27(36)21-33-22-28(37)26(20-24-17-13-10-14-18-24)35-30(39)41-32(5,6)8-2/h9-18,25-28,33,36-37H,7-8,19-22H2,1-6H3,(H,34,38)(H,35,39)/t25-,26-,27+,28+/m0/s1. The Balaban J connectivity index is 2.05. The number of carbonyl (C=O) groups excluding carboxylic acids is 2. The van der Waals surface area contributed by atoms with E-state index in [-0.39, 0.29) is 13.1 Å². The Hall–Kier alpha value is -3.14. The molecule has 0 saturated heterocycles. The van der Waals surface area contributed by atoms with E-state index in [2.05, 4.69) is 16.0 Å². The molecule has 0 aromatic heterocycles. The highest BCUT2D eigenvalue weighted by atomic mass is 16.6. The topological polar surface area (TPSA) is 129 Å². The molecule has 9 nitrogen and oxygen atoms in total. The first-order valence-electron chi connectivity index (χ1n) is 14.5. The van der Waals surface area contributed by atoms with Crippen LogP contribution < -0.4 is 16.0 Å². The number of rotatable bonds is 16. The van der Waals surface area contributed by atoms with Crippen LogP contribution in [-0.2, 0) is 22.3 Å². The Morgan fingerprint density at radius 1 is 0.683 bits per heavy atom. The predicted molar refractivity (Wildman–Crippen MR) is 161 cm³/mol. The number of aliphatic hydroxyl groups is 2. The van der Waals surface area contributed by atoms with Crippen LogP contribution in [-0.4, -0.2) is 71.0 Å². The van der Waals surface area contributed by atoms with Crippen LogP contribution in [0.2, 0.25) is 0 Å². The summed E-state index contributed by atoms with van der Waals surface area (Å²) in [4.78, 5) is 25.3. The fourth-order valence-electron chi connectivity index (χ4n) is 3.97. The van der Waals surface area contributed by atoms with Gasteiger partial charge >= 0.3 is 12.2 Å². The van der Waals surface area contributed by atoms with E-state index in [9.17, 15) is 19.8 Å². The van der Waals surface area contributed by atoms with Gasteiger partial charge in [0.15, 0.2) is 0 Å². The van der Waals surface area contributed by atoms with Gasteiger partial charge in [-0.25, -0.2) is 9.59 Å². The molecule has 2 rings (SSSR count). The van der Waals surface area contributed by atoms with Crippen molar-refractivity contribution in [3.63, 3.8) is 0 Å². The summed E-state index contributed by atoms with van der Waals surface area (Å²) in [5.74, 6) is 0. The molecule has 9 heteroatoms. The van der Waals surface area contributed by atoms with Gasteiger partial charge in [-0.15, -0.1) is 0 Å². The largest absolute Gasteiger partial charge is 0.444 e. The zero-order valence-electron chi connectivity index (χ0n) is 25.4. The fourth-order valence-corrected chi connectivity index (χ4v) is 3.97. The summed E-state index contributed by atoms with van der Waals surface area (Å²) in [7, 11) is 0. The second-order valence-corrected chi connectivity index (χ2v) is 11.7. The molecular weight excluding hydrogens is 522 g/mol. The van der Waals surface area contributed by atoms with Crippen molar-refractivity contribution >= 4 is 12.2 Å². The van der Waals surface area contributed by atoms with Gasteiger partial charge in [-0.1, -0.05) is 74.5 Å². The van der Waals surface area contributed by atoms with Gasteiger partial charge < -0.3 is 35.6 Å². The maximum atomic E-state index is 12.6. The lowest BCUT2D eigenvalue weighted by atomic mass is 10.00. The SMILES string of the molecule is CCC(C)(C)OC(=O)N[C@@H](Cc1ccccc1)[C@H](O)CNC[C@@H](O)[C@H](Cc1ccccc1)NC(=O)OC(C)(C)CC. The molecule has 41 heavy (non-hydrogen) atoms. The van der Waals surface area contributed by atoms with Gasteiger partial charge in [0.2, 0.25) is 0 Å². The molecule has 2 aromatic rings. The lowest BCUT2D eigenvalue weighted by Crippen LogP contribution is -2.53. The Bertz CT molecular complexity index is 964. The average Bonchev–Trinajstić information content (AvgIpc) is 2.92.